The number of halogens is 1. The van der Waals surface area contributed by atoms with Crippen LogP contribution in [0.1, 0.15) is 34.0 Å². The number of ether oxygens (including phenoxy) is 1. The zero-order chi connectivity index (χ0) is 21.7. The number of benzene rings is 3. The molecule has 3 aromatic rings. The van der Waals surface area contributed by atoms with Gasteiger partial charge in [0.2, 0.25) is 5.91 Å². The van der Waals surface area contributed by atoms with Gasteiger partial charge in [0, 0.05) is 18.2 Å². The Labute approximate surface area is 174 Å². The van der Waals surface area contributed by atoms with Gasteiger partial charge in [-0.15, -0.1) is 0 Å². The second kappa shape index (κ2) is 9.22. The Hall–Kier alpha value is -3.67. The van der Waals surface area contributed by atoms with Crippen molar-refractivity contribution in [2.45, 2.75) is 27.4 Å². The SMILES string of the molecule is CC(=O)Nc1cc(C(=O)Nc2ccc(OCc3cccc(C)c3)cc2C)ccc1F. The third-order valence-electron chi connectivity index (χ3n) is 4.47. The molecule has 0 saturated heterocycles. The number of carbonyl (C=O) groups excluding carboxylic acids is 2. The van der Waals surface area contributed by atoms with Crippen LogP contribution in [0.4, 0.5) is 15.8 Å². The van der Waals surface area contributed by atoms with Crippen molar-refractivity contribution in [2.24, 2.45) is 0 Å². The van der Waals surface area contributed by atoms with Crippen LogP contribution in [-0.4, -0.2) is 11.8 Å². The van der Waals surface area contributed by atoms with Gasteiger partial charge in [0.15, 0.2) is 0 Å². The van der Waals surface area contributed by atoms with Gasteiger partial charge in [0.25, 0.3) is 5.91 Å². The minimum Gasteiger partial charge on any atom is -0.489 e. The van der Waals surface area contributed by atoms with E-state index in [2.05, 4.69) is 16.7 Å². The van der Waals surface area contributed by atoms with Crippen LogP contribution in [-0.2, 0) is 11.4 Å². The van der Waals surface area contributed by atoms with E-state index < -0.39 is 17.6 Å². The summed E-state index contributed by atoms with van der Waals surface area (Å²) in [4.78, 5) is 23.7. The first-order chi connectivity index (χ1) is 14.3. The zero-order valence-corrected chi connectivity index (χ0v) is 17.1. The van der Waals surface area contributed by atoms with E-state index in [4.69, 9.17) is 4.74 Å². The highest BCUT2D eigenvalue weighted by Crippen LogP contribution is 2.24. The van der Waals surface area contributed by atoms with Crippen molar-refractivity contribution in [3.63, 3.8) is 0 Å². The van der Waals surface area contributed by atoms with E-state index in [9.17, 15) is 14.0 Å². The van der Waals surface area contributed by atoms with Crippen LogP contribution in [0.2, 0.25) is 0 Å². The van der Waals surface area contributed by atoms with E-state index in [0.29, 0.717) is 18.0 Å². The van der Waals surface area contributed by atoms with E-state index in [1.807, 2.05) is 38.1 Å². The molecule has 0 aromatic heterocycles. The number of anilines is 2. The number of carbonyl (C=O) groups is 2. The van der Waals surface area contributed by atoms with Crippen LogP contribution in [0.5, 0.6) is 5.75 Å². The fourth-order valence-corrected chi connectivity index (χ4v) is 2.98. The zero-order valence-electron chi connectivity index (χ0n) is 17.1. The maximum Gasteiger partial charge on any atom is 0.255 e. The maximum absolute atomic E-state index is 13.8. The molecule has 0 aliphatic carbocycles. The first kappa shape index (κ1) is 21.0. The van der Waals surface area contributed by atoms with Crippen molar-refractivity contribution in [3.05, 3.63) is 88.7 Å². The number of amides is 2. The Morgan fingerprint density at radius 3 is 2.43 bits per heavy atom. The first-order valence-corrected chi connectivity index (χ1v) is 9.49. The van der Waals surface area contributed by atoms with Gasteiger partial charge < -0.3 is 15.4 Å². The Bertz CT molecular complexity index is 1100. The third kappa shape index (κ3) is 5.44. The van der Waals surface area contributed by atoms with Crippen LogP contribution in [0.25, 0.3) is 0 Å². The molecular weight excluding hydrogens is 383 g/mol. The van der Waals surface area contributed by atoms with Gasteiger partial charge in [-0.05, 0) is 61.4 Å². The second-order valence-electron chi connectivity index (χ2n) is 7.08. The predicted molar refractivity (Wildman–Crippen MR) is 115 cm³/mol. The lowest BCUT2D eigenvalue weighted by molar-refractivity contribution is -0.114. The summed E-state index contributed by atoms with van der Waals surface area (Å²) in [7, 11) is 0. The van der Waals surface area contributed by atoms with Gasteiger partial charge in [-0.1, -0.05) is 29.8 Å². The highest BCUT2D eigenvalue weighted by molar-refractivity contribution is 6.05. The van der Waals surface area contributed by atoms with Crippen LogP contribution >= 0.6 is 0 Å². The minimum absolute atomic E-state index is 0.0354. The van der Waals surface area contributed by atoms with Gasteiger partial charge in [-0.3, -0.25) is 9.59 Å². The lowest BCUT2D eigenvalue weighted by atomic mass is 10.1. The Morgan fingerprint density at radius 1 is 0.933 bits per heavy atom. The molecule has 6 heteroatoms. The summed E-state index contributed by atoms with van der Waals surface area (Å²) in [5, 5.41) is 5.18. The monoisotopic (exact) mass is 406 g/mol. The molecule has 0 heterocycles. The number of hydrogen-bond acceptors (Lipinski definition) is 3. The molecule has 0 radical (unpaired) electrons. The number of rotatable bonds is 6. The van der Waals surface area contributed by atoms with E-state index >= 15 is 0 Å². The van der Waals surface area contributed by atoms with E-state index in [0.717, 1.165) is 17.2 Å². The van der Waals surface area contributed by atoms with Gasteiger partial charge in [-0.2, -0.15) is 0 Å². The molecular formula is C24H23FN2O3. The minimum atomic E-state index is -0.604. The number of nitrogens with one attached hydrogen (secondary N) is 2. The molecule has 154 valence electrons. The molecule has 0 aliphatic rings. The summed E-state index contributed by atoms with van der Waals surface area (Å²) in [5.41, 5.74) is 3.90. The molecule has 30 heavy (non-hydrogen) atoms. The smallest absolute Gasteiger partial charge is 0.255 e. The van der Waals surface area contributed by atoms with Crippen molar-refractivity contribution < 1.29 is 18.7 Å². The fraction of sp³-hybridized carbons (Fsp3) is 0.167. The predicted octanol–water partition coefficient (Wildman–Crippen LogP) is 5.23. The molecule has 3 aromatic carbocycles. The molecule has 0 unspecified atom stereocenters. The topological polar surface area (TPSA) is 67.4 Å². The van der Waals surface area contributed by atoms with Crippen molar-refractivity contribution in [1.29, 1.82) is 0 Å². The molecule has 0 aliphatic heterocycles. The molecule has 2 amide bonds. The summed E-state index contributed by atoms with van der Waals surface area (Å²) >= 11 is 0. The van der Waals surface area contributed by atoms with Gasteiger partial charge >= 0.3 is 0 Å². The molecule has 0 bridgehead atoms. The number of hydrogen-bond donors (Lipinski definition) is 2. The molecule has 3 rings (SSSR count). The lowest BCUT2D eigenvalue weighted by Gasteiger charge is -2.12. The highest BCUT2D eigenvalue weighted by atomic mass is 19.1. The van der Waals surface area contributed by atoms with Gasteiger partial charge in [-0.25, -0.2) is 4.39 Å². The normalized spacial score (nSPS) is 10.4. The van der Waals surface area contributed by atoms with Crippen molar-refractivity contribution in [2.75, 3.05) is 10.6 Å². The van der Waals surface area contributed by atoms with Crippen LogP contribution < -0.4 is 15.4 Å². The molecule has 0 fully saturated rings. The average Bonchev–Trinajstić information content (AvgIpc) is 2.69. The maximum atomic E-state index is 13.8. The standard InChI is InChI=1S/C24H23FN2O3/c1-15-5-4-6-18(11-15)14-30-20-8-10-22(16(2)12-20)27-24(29)19-7-9-21(25)23(13-19)26-17(3)28/h4-13H,14H2,1-3H3,(H,26,28)(H,27,29). The van der Waals surface area contributed by atoms with Gasteiger partial charge in [0.1, 0.15) is 18.2 Å². The third-order valence-corrected chi connectivity index (χ3v) is 4.47. The lowest BCUT2D eigenvalue weighted by Crippen LogP contribution is -2.14. The average molecular weight is 406 g/mol. The van der Waals surface area contributed by atoms with Crippen LogP contribution in [0.15, 0.2) is 60.7 Å². The van der Waals surface area contributed by atoms with Crippen molar-refractivity contribution in [3.8, 4) is 5.75 Å². The molecule has 0 saturated carbocycles. The van der Waals surface area contributed by atoms with E-state index in [-0.39, 0.29) is 11.3 Å². The molecule has 0 atom stereocenters. The highest BCUT2D eigenvalue weighted by Gasteiger charge is 2.12. The van der Waals surface area contributed by atoms with E-state index in [1.165, 1.54) is 24.6 Å². The first-order valence-electron chi connectivity index (χ1n) is 9.49. The quantitative estimate of drug-likeness (QED) is 0.589. The van der Waals surface area contributed by atoms with E-state index in [1.54, 1.807) is 12.1 Å². The largest absolute Gasteiger partial charge is 0.489 e. The van der Waals surface area contributed by atoms with Crippen LogP contribution in [0.3, 0.4) is 0 Å². The summed E-state index contributed by atoms with van der Waals surface area (Å²) in [5.74, 6) is -0.726. The van der Waals surface area contributed by atoms with Crippen LogP contribution in [0, 0.1) is 19.7 Å². The van der Waals surface area contributed by atoms with Gasteiger partial charge in [0.05, 0.1) is 5.69 Å². The Balaban J connectivity index is 1.68. The summed E-state index contributed by atoms with van der Waals surface area (Å²) in [6, 6.07) is 17.3. The summed E-state index contributed by atoms with van der Waals surface area (Å²) in [6.45, 7) is 5.63. The van der Waals surface area contributed by atoms with Crippen molar-refractivity contribution in [1.82, 2.24) is 0 Å². The summed E-state index contributed by atoms with van der Waals surface area (Å²) < 4.78 is 19.6. The fourth-order valence-electron chi connectivity index (χ4n) is 2.98. The number of aryl methyl sites for hydroxylation is 2. The molecule has 2 N–H and O–H groups in total. The second-order valence-corrected chi connectivity index (χ2v) is 7.08. The molecule has 5 nitrogen and oxygen atoms in total. The Morgan fingerprint density at radius 2 is 1.73 bits per heavy atom. The van der Waals surface area contributed by atoms with Crippen molar-refractivity contribution >= 4 is 23.2 Å². The Kier molecular flexibility index (Phi) is 6.47. The summed E-state index contributed by atoms with van der Waals surface area (Å²) in [6.07, 6.45) is 0. The molecule has 0 spiro atoms.